The number of hydrogen-bond donors (Lipinski definition) is 1. The Kier molecular flexibility index (Phi) is 7.85. The van der Waals surface area contributed by atoms with Gasteiger partial charge in [-0.05, 0) is 49.9 Å². The molecule has 1 N–H and O–H groups in total. The van der Waals surface area contributed by atoms with Crippen molar-refractivity contribution in [1.29, 1.82) is 0 Å². The number of halogens is 1. The summed E-state index contributed by atoms with van der Waals surface area (Å²) in [7, 11) is 1.84. The highest BCUT2D eigenvalue weighted by Gasteiger charge is 2.14. The predicted molar refractivity (Wildman–Crippen MR) is 99.0 cm³/mol. The van der Waals surface area contributed by atoms with Crippen LogP contribution in [0.5, 0.6) is 5.75 Å². The number of ether oxygens (including phenoxy) is 1. The van der Waals surface area contributed by atoms with Gasteiger partial charge < -0.3 is 15.0 Å². The molecule has 1 fully saturated rings. The molecule has 0 saturated carbocycles. The second-order valence-corrected chi connectivity index (χ2v) is 5.34. The molecule has 0 spiro atoms. The third-order valence-electron chi connectivity index (χ3n) is 3.47. The highest BCUT2D eigenvalue weighted by atomic mass is 127. The highest BCUT2D eigenvalue weighted by molar-refractivity contribution is 14.0. The lowest BCUT2D eigenvalue weighted by molar-refractivity contribution is 0.319. The van der Waals surface area contributed by atoms with Gasteiger partial charge in [0.25, 0.3) is 0 Å². The number of hydrogen-bond acceptors (Lipinski definition) is 2. The van der Waals surface area contributed by atoms with Crippen molar-refractivity contribution in [2.45, 2.75) is 26.7 Å². The largest absolute Gasteiger partial charge is 0.492 e. The summed E-state index contributed by atoms with van der Waals surface area (Å²) < 4.78 is 5.79. The third-order valence-corrected chi connectivity index (χ3v) is 3.47. The fraction of sp³-hybridized carbons (Fsp3) is 0.562. The summed E-state index contributed by atoms with van der Waals surface area (Å²) in [5.41, 5.74) is 2.47. The molecule has 1 heterocycles. The van der Waals surface area contributed by atoms with Crippen molar-refractivity contribution in [2.75, 3.05) is 33.3 Å². The third kappa shape index (κ3) is 5.73. The number of nitrogens with one attached hydrogen (secondary N) is 1. The smallest absolute Gasteiger partial charge is 0.193 e. The molecule has 0 amide bonds. The Balaban J connectivity index is 0.00000220. The monoisotopic (exact) mass is 403 g/mol. The first-order chi connectivity index (χ1) is 9.69. The van der Waals surface area contributed by atoms with Crippen molar-refractivity contribution in [2.24, 2.45) is 4.99 Å². The van der Waals surface area contributed by atoms with Crippen molar-refractivity contribution in [3.63, 3.8) is 0 Å². The van der Waals surface area contributed by atoms with Crippen LogP contribution in [0.3, 0.4) is 0 Å². The van der Waals surface area contributed by atoms with Crippen LogP contribution in [0.4, 0.5) is 0 Å². The summed E-state index contributed by atoms with van der Waals surface area (Å²) in [4.78, 5) is 6.62. The molecule has 0 unspecified atom stereocenters. The molecule has 1 aliphatic rings. The molecule has 0 aromatic heterocycles. The Labute approximate surface area is 145 Å². The Morgan fingerprint density at radius 3 is 2.38 bits per heavy atom. The van der Waals surface area contributed by atoms with E-state index in [9.17, 15) is 0 Å². The van der Waals surface area contributed by atoms with E-state index in [0.29, 0.717) is 6.61 Å². The molecule has 1 aromatic carbocycles. The summed E-state index contributed by atoms with van der Waals surface area (Å²) in [6.45, 7) is 7.82. The number of nitrogens with zero attached hydrogens (tertiary/aromatic N) is 2. The number of rotatable bonds is 4. The van der Waals surface area contributed by atoms with E-state index in [2.05, 4.69) is 47.3 Å². The van der Waals surface area contributed by atoms with E-state index >= 15 is 0 Å². The van der Waals surface area contributed by atoms with Crippen LogP contribution in [-0.4, -0.2) is 44.1 Å². The fourth-order valence-electron chi connectivity index (χ4n) is 2.61. The number of guanidine groups is 1. The molecule has 0 atom stereocenters. The number of aryl methyl sites for hydroxylation is 2. The van der Waals surface area contributed by atoms with Gasteiger partial charge in [-0.25, -0.2) is 0 Å². The van der Waals surface area contributed by atoms with Crippen LogP contribution in [0.15, 0.2) is 23.2 Å². The summed E-state index contributed by atoms with van der Waals surface area (Å²) in [6, 6.07) is 6.30. The summed E-state index contributed by atoms with van der Waals surface area (Å²) in [5.74, 6) is 1.94. The van der Waals surface area contributed by atoms with E-state index in [-0.39, 0.29) is 24.0 Å². The van der Waals surface area contributed by atoms with Crippen LogP contribution < -0.4 is 10.1 Å². The summed E-state index contributed by atoms with van der Waals surface area (Å²) in [6.07, 6.45) is 2.53. The second kappa shape index (κ2) is 9.12. The first-order valence-corrected chi connectivity index (χ1v) is 7.36. The van der Waals surface area contributed by atoms with E-state index < -0.39 is 0 Å². The van der Waals surface area contributed by atoms with Crippen LogP contribution in [0.1, 0.15) is 24.0 Å². The molecular weight excluding hydrogens is 377 g/mol. The molecule has 118 valence electrons. The van der Waals surface area contributed by atoms with E-state index in [1.54, 1.807) is 0 Å². The van der Waals surface area contributed by atoms with E-state index in [0.717, 1.165) is 31.3 Å². The number of benzene rings is 1. The topological polar surface area (TPSA) is 36.9 Å². The van der Waals surface area contributed by atoms with Gasteiger partial charge in [-0.3, -0.25) is 4.99 Å². The quantitative estimate of drug-likeness (QED) is 0.364. The van der Waals surface area contributed by atoms with Gasteiger partial charge in [-0.2, -0.15) is 0 Å². The lowest BCUT2D eigenvalue weighted by Gasteiger charge is -2.20. The zero-order valence-electron chi connectivity index (χ0n) is 13.2. The average molecular weight is 403 g/mol. The molecule has 21 heavy (non-hydrogen) atoms. The molecule has 5 heteroatoms. The van der Waals surface area contributed by atoms with E-state index in [1.807, 2.05) is 7.05 Å². The lowest BCUT2D eigenvalue weighted by atomic mass is 10.1. The standard InChI is InChI=1S/C16H25N3O.HI/c1-13-10-14(2)12-15(11-13)20-9-6-18-16(17-3)19-7-4-5-8-19;/h10-12H,4-9H2,1-3H3,(H,17,18);1H. The van der Waals surface area contributed by atoms with Crippen molar-refractivity contribution < 1.29 is 4.74 Å². The molecule has 4 nitrogen and oxygen atoms in total. The van der Waals surface area contributed by atoms with Gasteiger partial charge in [0.05, 0.1) is 6.54 Å². The van der Waals surface area contributed by atoms with Gasteiger partial charge in [0.2, 0.25) is 0 Å². The summed E-state index contributed by atoms with van der Waals surface area (Å²) >= 11 is 0. The average Bonchev–Trinajstić information content (AvgIpc) is 2.91. The van der Waals surface area contributed by atoms with E-state index in [4.69, 9.17) is 4.74 Å². The first kappa shape index (κ1) is 18.1. The molecule has 0 bridgehead atoms. The molecule has 0 aliphatic carbocycles. The van der Waals surface area contributed by atoms with Crippen LogP contribution in [-0.2, 0) is 0 Å². The molecule has 0 radical (unpaired) electrons. The van der Waals surface area contributed by atoms with Crippen molar-refractivity contribution in [3.8, 4) is 5.75 Å². The fourth-order valence-corrected chi connectivity index (χ4v) is 2.61. The van der Waals surface area contributed by atoms with Gasteiger partial charge in [-0.1, -0.05) is 6.07 Å². The molecule has 2 rings (SSSR count). The van der Waals surface area contributed by atoms with Crippen LogP contribution in [0.25, 0.3) is 0 Å². The zero-order valence-corrected chi connectivity index (χ0v) is 15.5. The van der Waals surface area contributed by atoms with Crippen molar-refractivity contribution >= 4 is 29.9 Å². The van der Waals surface area contributed by atoms with Gasteiger partial charge in [-0.15, -0.1) is 24.0 Å². The maximum absolute atomic E-state index is 5.79. The second-order valence-electron chi connectivity index (χ2n) is 5.34. The van der Waals surface area contributed by atoms with E-state index in [1.165, 1.54) is 24.0 Å². The van der Waals surface area contributed by atoms with Crippen LogP contribution >= 0.6 is 24.0 Å². The molecular formula is C16H26IN3O. The van der Waals surface area contributed by atoms with Gasteiger partial charge in [0.15, 0.2) is 5.96 Å². The van der Waals surface area contributed by atoms with Crippen LogP contribution in [0, 0.1) is 13.8 Å². The zero-order chi connectivity index (χ0) is 14.4. The molecule has 1 saturated heterocycles. The Hall–Kier alpha value is -0.980. The number of aliphatic imine (C=N–C) groups is 1. The van der Waals surface area contributed by atoms with Crippen molar-refractivity contribution in [3.05, 3.63) is 29.3 Å². The number of likely N-dealkylation sites (tertiary alicyclic amines) is 1. The van der Waals surface area contributed by atoms with Crippen molar-refractivity contribution in [1.82, 2.24) is 10.2 Å². The molecule has 1 aliphatic heterocycles. The summed E-state index contributed by atoms with van der Waals surface area (Å²) in [5, 5.41) is 3.36. The SMILES string of the molecule is CN=C(NCCOc1cc(C)cc(C)c1)N1CCCC1.I. The van der Waals surface area contributed by atoms with Gasteiger partial charge in [0.1, 0.15) is 12.4 Å². The maximum atomic E-state index is 5.79. The first-order valence-electron chi connectivity index (χ1n) is 7.36. The van der Waals surface area contributed by atoms with Gasteiger partial charge >= 0.3 is 0 Å². The Bertz CT molecular complexity index is 450. The molecule has 1 aromatic rings. The van der Waals surface area contributed by atoms with Gasteiger partial charge in [0, 0.05) is 20.1 Å². The Morgan fingerprint density at radius 1 is 1.19 bits per heavy atom. The minimum Gasteiger partial charge on any atom is -0.492 e. The Morgan fingerprint density at radius 2 is 1.81 bits per heavy atom. The normalized spacial score (nSPS) is 14.8. The highest BCUT2D eigenvalue weighted by Crippen LogP contribution is 2.15. The maximum Gasteiger partial charge on any atom is 0.193 e. The lowest BCUT2D eigenvalue weighted by Crippen LogP contribution is -2.41. The minimum absolute atomic E-state index is 0. The minimum atomic E-state index is 0. The van der Waals surface area contributed by atoms with Crippen LogP contribution in [0.2, 0.25) is 0 Å². The predicted octanol–water partition coefficient (Wildman–Crippen LogP) is 2.97.